The van der Waals surface area contributed by atoms with Crippen LogP contribution >= 0.6 is 11.3 Å². The molecule has 0 spiro atoms. The number of aromatic nitrogens is 1. The van der Waals surface area contributed by atoms with Gasteiger partial charge in [-0.25, -0.2) is 4.98 Å². The SMILES string of the molecule is COc1ccc(C(=O)NCCNC(=O)CCCCc2nc3ccccc3s2)cc1. The summed E-state index contributed by atoms with van der Waals surface area (Å²) in [4.78, 5) is 28.6. The van der Waals surface area contributed by atoms with Crippen LogP contribution in [0.25, 0.3) is 10.2 Å². The van der Waals surface area contributed by atoms with E-state index in [1.807, 2.05) is 18.2 Å². The lowest BCUT2D eigenvalue weighted by atomic mass is 10.2. The highest BCUT2D eigenvalue weighted by atomic mass is 32.1. The Balaban J connectivity index is 1.27. The molecule has 2 aromatic carbocycles. The van der Waals surface area contributed by atoms with E-state index in [1.165, 1.54) is 4.70 Å². The summed E-state index contributed by atoms with van der Waals surface area (Å²) >= 11 is 1.72. The third kappa shape index (κ3) is 6.29. The molecule has 6 nitrogen and oxygen atoms in total. The number of benzene rings is 2. The fraction of sp³-hybridized carbons (Fsp3) is 0.318. The third-order valence-corrected chi connectivity index (χ3v) is 5.56. The Kier molecular flexibility index (Phi) is 7.58. The average Bonchev–Trinajstić information content (AvgIpc) is 3.17. The van der Waals surface area contributed by atoms with Crippen molar-refractivity contribution < 1.29 is 14.3 Å². The van der Waals surface area contributed by atoms with Crippen molar-refractivity contribution in [1.29, 1.82) is 0 Å². The highest BCUT2D eigenvalue weighted by molar-refractivity contribution is 7.18. The van der Waals surface area contributed by atoms with E-state index in [9.17, 15) is 9.59 Å². The minimum Gasteiger partial charge on any atom is -0.497 e. The second-order valence-corrected chi connectivity index (χ2v) is 7.73. The van der Waals surface area contributed by atoms with Crippen LogP contribution in [-0.4, -0.2) is 37.0 Å². The molecule has 0 atom stereocenters. The highest BCUT2D eigenvalue weighted by Crippen LogP contribution is 2.22. The van der Waals surface area contributed by atoms with Crippen LogP contribution < -0.4 is 15.4 Å². The van der Waals surface area contributed by atoms with Crippen LogP contribution in [0, 0.1) is 0 Å². The molecule has 0 fully saturated rings. The molecular formula is C22H25N3O3S. The molecule has 3 aromatic rings. The number of methoxy groups -OCH3 is 1. The van der Waals surface area contributed by atoms with E-state index in [0.717, 1.165) is 29.8 Å². The molecular weight excluding hydrogens is 386 g/mol. The van der Waals surface area contributed by atoms with Gasteiger partial charge in [-0.3, -0.25) is 9.59 Å². The van der Waals surface area contributed by atoms with Gasteiger partial charge >= 0.3 is 0 Å². The van der Waals surface area contributed by atoms with Gasteiger partial charge in [-0.15, -0.1) is 11.3 Å². The zero-order chi connectivity index (χ0) is 20.5. The normalized spacial score (nSPS) is 10.7. The molecule has 152 valence electrons. The maximum Gasteiger partial charge on any atom is 0.251 e. The number of thiazole rings is 1. The van der Waals surface area contributed by atoms with Gasteiger partial charge < -0.3 is 15.4 Å². The molecule has 29 heavy (non-hydrogen) atoms. The van der Waals surface area contributed by atoms with Gasteiger partial charge in [0.15, 0.2) is 0 Å². The lowest BCUT2D eigenvalue weighted by molar-refractivity contribution is -0.121. The van der Waals surface area contributed by atoms with Crippen LogP contribution in [0.15, 0.2) is 48.5 Å². The van der Waals surface area contributed by atoms with Crippen molar-refractivity contribution in [2.24, 2.45) is 0 Å². The number of unbranched alkanes of at least 4 members (excludes halogenated alkanes) is 1. The van der Waals surface area contributed by atoms with Crippen LogP contribution in [0.4, 0.5) is 0 Å². The Hall–Kier alpha value is -2.93. The molecule has 0 saturated carbocycles. The van der Waals surface area contributed by atoms with Crippen molar-refractivity contribution in [2.75, 3.05) is 20.2 Å². The van der Waals surface area contributed by atoms with Gasteiger partial charge in [-0.2, -0.15) is 0 Å². The number of carbonyl (C=O) groups excluding carboxylic acids is 2. The van der Waals surface area contributed by atoms with E-state index in [4.69, 9.17) is 4.74 Å². The van der Waals surface area contributed by atoms with Gasteiger partial charge in [0.1, 0.15) is 5.75 Å². The monoisotopic (exact) mass is 411 g/mol. The minimum atomic E-state index is -0.169. The topological polar surface area (TPSA) is 80.3 Å². The number of para-hydroxylation sites is 1. The maximum absolute atomic E-state index is 12.0. The predicted molar refractivity (Wildman–Crippen MR) is 116 cm³/mol. The third-order valence-electron chi connectivity index (χ3n) is 4.47. The number of ether oxygens (including phenoxy) is 1. The summed E-state index contributed by atoms with van der Waals surface area (Å²) < 4.78 is 6.28. The molecule has 0 aliphatic carbocycles. The van der Waals surface area contributed by atoms with Crippen LogP contribution in [-0.2, 0) is 11.2 Å². The number of nitrogens with zero attached hydrogens (tertiary/aromatic N) is 1. The van der Waals surface area contributed by atoms with Crippen LogP contribution in [0.1, 0.15) is 34.6 Å². The summed E-state index contributed by atoms with van der Waals surface area (Å²) in [5, 5.41) is 6.75. The number of carbonyl (C=O) groups is 2. The Morgan fingerprint density at radius 3 is 2.52 bits per heavy atom. The van der Waals surface area contributed by atoms with Crippen molar-refractivity contribution in [3.8, 4) is 5.75 Å². The summed E-state index contributed by atoms with van der Waals surface area (Å²) in [6, 6.07) is 15.0. The number of rotatable bonds is 10. The van der Waals surface area contributed by atoms with Gasteiger partial charge in [0.05, 0.1) is 22.3 Å². The standard InChI is InChI=1S/C22H25N3O3S/c1-28-17-12-10-16(11-13-17)22(27)24-15-14-23-20(26)8-4-5-9-21-25-18-6-2-3-7-19(18)29-21/h2-3,6-7,10-13H,4-5,8-9,14-15H2,1H3,(H,23,26)(H,24,27). The summed E-state index contributed by atoms with van der Waals surface area (Å²) in [6.45, 7) is 0.806. The summed E-state index contributed by atoms with van der Waals surface area (Å²) in [7, 11) is 1.58. The Morgan fingerprint density at radius 2 is 1.76 bits per heavy atom. The first-order valence-corrected chi connectivity index (χ1v) is 10.5. The molecule has 2 amide bonds. The molecule has 2 N–H and O–H groups in total. The van der Waals surface area contributed by atoms with Crippen LogP contribution in [0.3, 0.4) is 0 Å². The van der Waals surface area contributed by atoms with Gasteiger partial charge in [-0.05, 0) is 55.7 Å². The Bertz CT molecular complexity index is 920. The van der Waals surface area contributed by atoms with E-state index in [1.54, 1.807) is 42.7 Å². The van der Waals surface area contributed by atoms with E-state index >= 15 is 0 Å². The van der Waals surface area contributed by atoms with Crippen molar-refractivity contribution in [2.45, 2.75) is 25.7 Å². The van der Waals surface area contributed by atoms with Gasteiger partial charge in [0.25, 0.3) is 5.91 Å². The molecule has 0 aliphatic heterocycles. The molecule has 0 unspecified atom stereocenters. The predicted octanol–water partition coefficient (Wildman–Crippen LogP) is 3.56. The molecule has 3 rings (SSSR count). The van der Waals surface area contributed by atoms with Crippen molar-refractivity contribution in [3.05, 3.63) is 59.1 Å². The molecule has 1 heterocycles. The molecule has 0 saturated heterocycles. The number of hydrogen-bond donors (Lipinski definition) is 2. The lowest BCUT2D eigenvalue weighted by Crippen LogP contribution is -2.34. The smallest absolute Gasteiger partial charge is 0.251 e. The Labute approximate surface area is 174 Å². The maximum atomic E-state index is 12.0. The average molecular weight is 412 g/mol. The number of nitrogens with one attached hydrogen (secondary N) is 2. The van der Waals surface area contributed by atoms with Crippen LogP contribution in [0.5, 0.6) is 5.75 Å². The quantitative estimate of drug-likeness (QED) is 0.500. The Morgan fingerprint density at radius 1 is 1.00 bits per heavy atom. The zero-order valence-corrected chi connectivity index (χ0v) is 17.3. The minimum absolute atomic E-state index is 0.00740. The lowest BCUT2D eigenvalue weighted by Gasteiger charge is -2.07. The van der Waals surface area contributed by atoms with Crippen LogP contribution in [0.2, 0.25) is 0 Å². The molecule has 0 radical (unpaired) electrons. The first kappa shape index (κ1) is 20.8. The van der Waals surface area contributed by atoms with Gasteiger partial charge in [0.2, 0.25) is 5.91 Å². The second kappa shape index (κ2) is 10.6. The zero-order valence-electron chi connectivity index (χ0n) is 16.4. The summed E-state index contributed by atoms with van der Waals surface area (Å²) in [6.07, 6.45) is 3.13. The van der Waals surface area contributed by atoms with Gasteiger partial charge in [-0.1, -0.05) is 12.1 Å². The van der Waals surface area contributed by atoms with Crippen molar-refractivity contribution >= 4 is 33.4 Å². The molecule has 7 heteroatoms. The largest absolute Gasteiger partial charge is 0.497 e. The van der Waals surface area contributed by atoms with E-state index < -0.39 is 0 Å². The number of fused-ring (bicyclic) bond motifs is 1. The first-order valence-electron chi connectivity index (χ1n) is 9.69. The van der Waals surface area contributed by atoms with E-state index in [-0.39, 0.29) is 11.8 Å². The fourth-order valence-corrected chi connectivity index (χ4v) is 3.91. The van der Waals surface area contributed by atoms with E-state index in [0.29, 0.717) is 30.8 Å². The van der Waals surface area contributed by atoms with E-state index in [2.05, 4.69) is 21.7 Å². The summed E-state index contributed by atoms with van der Waals surface area (Å²) in [5.41, 5.74) is 1.61. The molecule has 0 bridgehead atoms. The van der Waals surface area contributed by atoms with Crippen molar-refractivity contribution in [3.63, 3.8) is 0 Å². The number of aryl methyl sites for hydroxylation is 1. The number of hydrogen-bond acceptors (Lipinski definition) is 5. The fourth-order valence-electron chi connectivity index (χ4n) is 2.90. The molecule has 0 aliphatic rings. The first-order chi connectivity index (χ1) is 14.2. The summed E-state index contributed by atoms with van der Waals surface area (Å²) in [5.74, 6) is 0.544. The second-order valence-electron chi connectivity index (χ2n) is 6.62. The van der Waals surface area contributed by atoms with Gasteiger partial charge in [0, 0.05) is 25.1 Å². The molecule has 1 aromatic heterocycles. The number of amides is 2. The highest BCUT2D eigenvalue weighted by Gasteiger charge is 2.07. The van der Waals surface area contributed by atoms with Crippen molar-refractivity contribution in [1.82, 2.24) is 15.6 Å².